The molecule has 32 heavy (non-hydrogen) atoms. The van der Waals surface area contributed by atoms with Crippen molar-refractivity contribution in [2.75, 3.05) is 48.9 Å². The van der Waals surface area contributed by atoms with Crippen LogP contribution in [0.2, 0.25) is 12.1 Å². The summed E-state index contributed by atoms with van der Waals surface area (Å²) >= 11 is 0. The third-order valence-electron chi connectivity index (χ3n) is 4.14. The number of hydrogen-bond donors (Lipinski definition) is 0. The van der Waals surface area contributed by atoms with Crippen LogP contribution in [0, 0.1) is 0 Å². The first-order valence-electron chi connectivity index (χ1n) is 10.1. The lowest BCUT2D eigenvalue weighted by Crippen LogP contribution is -2.44. The smallest absolute Gasteiger partial charge is 0.462 e. The molecular weight excluding hydrogens is 456 g/mol. The summed E-state index contributed by atoms with van der Waals surface area (Å²) in [7, 11) is 2.55. The Bertz CT molecular complexity index is 566. The normalized spacial score (nSPS) is 11.2. The van der Waals surface area contributed by atoms with Crippen molar-refractivity contribution in [3.8, 4) is 0 Å². The van der Waals surface area contributed by atoms with E-state index in [1.54, 1.807) is 35.2 Å². The first kappa shape index (κ1) is 32.8. The van der Waals surface area contributed by atoms with Crippen LogP contribution in [-0.2, 0) is 45.6 Å². The molecule has 0 aliphatic rings. The summed E-state index contributed by atoms with van der Waals surface area (Å²) in [5, 5.41) is 0. The van der Waals surface area contributed by atoms with Gasteiger partial charge in [-0.05, 0) is 20.3 Å². The highest BCUT2D eigenvalue weighted by atomic mass is 28.4. The fraction of sp³-hybridized carbons (Fsp3) is 0.700. The fourth-order valence-electron chi connectivity index (χ4n) is 2.21. The molecule has 0 spiro atoms. The van der Waals surface area contributed by atoms with Crippen LogP contribution in [0.3, 0.4) is 0 Å². The number of esters is 2. The largest absolute Gasteiger partial charge is 0.502 e. The molecule has 0 saturated heterocycles. The fourth-order valence-corrected chi connectivity index (χ4v) is 5.71. The zero-order valence-corrected chi connectivity index (χ0v) is 22.7. The first-order valence-corrected chi connectivity index (χ1v) is 13.9. The summed E-state index contributed by atoms with van der Waals surface area (Å²) in [6.07, 6.45) is 1.52. The Hall–Kier alpha value is -1.39. The molecule has 0 aliphatic carbocycles. The van der Waals surface area contributed by atoms with Gasteiger partial charge in [0.1, 0.15) is 0 Å². The van der Waals surface area contributed by atoms with E-state index in [1.165, 1.54) is 14.2 Å². The second kappa shape index (κ2) is 18.1. The Kier molecular flexibility index (Phi) is 18.5. The van der Waals surface area contributed by atoms with Crippen LogP contribution < -0.4 is 0 Å². The van der Waals surface area contributed by atoms with Crippen LogP contribution in [-0.4, -0.2) is 78.5 Å². The predicted molar refractivity (Wildman–Crippen MR) is 124 cm³/mol. The first-order chi connectivity index (χ1) is 15.0. The van der Waals surface area contributed by atoms with Crippen molar-refractivity contribution < 1.29 is 45.6 Å². The van der Waals surface area contributed by atoms with Crippen molar-refractivity contribution in [2.45, 2.75) is 45.7 Å². The lowest BCUT2D eigenvalue weighted by Gasteiger charge is -2.25. The third-order valence-corrected chi connectivity index (χ3v) is 9.88. The molecule has 0 heterocycles. The maximum Gasteiger partial charge on any atom is 0.502 e. The molecule has 0 saturated carbocycles. The quantitative estimate of drug-likeness (QED) is 0.104. The van der Waals surface area contributed by atoms with Gasteiger partial charge in [-0.2, -0.15) is 0 Å². The summed E-state index contributed by atoms with van der Waals surface area (Å²) in [6.45, 7) is 12.3. The Balaban J connectivity index is 0. The van der Waals surface area contributed by atoms with Gasteiger partial charge in [0.25, 0.3) is 0 Å². The lowest BCUT2D eigenvalue weighted by molar-refractivity contribution is -0.148. The van der Waals surface area contributed by atoms with E-state index in [0.29, 0.717) is 36.3 Å². The zero-order valence-electron chi connectivity index (χ0n) is 20.7. The highest BCUT2D eigenvalue weighted by Crippen LogP contribution is 2.16. The van der Waals surface area contributed by atoms with Crippen LogP contribution in [0.4, 0.5) is 0 Å². The molecule has 0 radical (unpaired) electrons. The Morgan fingerprint density at radius 2 is 1.16 bits per heavy atom. The van der Waals surface area contributed by atoms with E-state index in [1.807, 2.05) is 6.92 Å². The standard InChI is InChI=1S/2C10H20O5Si/c1-9(2)10(11)15-7-6-8-16(12-3,13-4)14-5;1-6-7-16(12-4,13-5)15-8-14-10(11)9(2)3/h1,6-8H2,2-5H3;2,6-8H2,1,3-5H3. The van der Waals surface area contributed by atoms with Gasteiger partial charge in [0, 0.05) is 58.8 Å². The minimum atomic E-state index is -2.65. The Morgan fingerprint density at radius 1 is 0.719 bits per heavy atom. The van der Waals surface area contributed by atoms with Crippen molar-refractivity contribution >= 4 is 29.5 Å². The average Bonchev–Trinajstić information content (AvgIpc) is 2.79. The van der Waals surface area contributed by atoms with Gasteiger partial charge in [-0.3, -0.25) is 0 Å². The molecule has 0 aromatic carbocycles. The molecule has 188 valence electrons. The van der Waals surface area contributed by atoms with Gasteiger partial charge in [0.2, 0.25) is 0 Å². The van der Waals surface area contributed by atoms with Crippen LogP contribution in [0.1, 0.15) is 33.6 Å². The molecule has 0 bridgehead atoms. The number of rotatable bonds is 16. The van der Waals surface area contributed by atoms with Gasteiger partial charge in [-0.1, -0.05) is 26.5 Å². The second-order valence-electron chi connectivity index (χ2n) is 6.63. The molecule has 0 amide bonds. The molecule has 0 aromatic rings. The molecule has 0 aromatic heterocycles. The van der Waals surface area contributed by atoms with Gasteiger partial charge in [-0.15, -0.1) is 0 Å². The Morgan fingerprint density at radius 3 is 1.53 bits per heavy atom. The maximum absolute atomic E-state index is 11.1. The van der Waals surface area contributed by atoms with E-state index in [4.69, 9.17) is 36.0 Å². The number of carbonyl (C=O) groups excluding carboxylic acids is 2. The van der Waals surface area contributed by atoms with Gasteiger partial charge in [0.15, 0.2) is 6.79 Å². The third kappa shape index (κ3) is 13.2. The highest BCUT2D eigenvalue weighted by molar-refractivity contribution is 6.60. The summed E-state index contributed by atoms with van der Waals surface area (Å²) in [6, 6.07) is 1.30. The van der Waals surface area contributed by atoms with Gasteiger partial charge < -0.3 is 36.0 Å². The monoisotopic (exact) mass is 496 g/mol. The van der Waals surface area contributed by atoms with Crippen LogP contribution >= 0.6 is 0 Å². The minimum absolute atomic E-state index is 0.167. The maximum atomic E-state index is 11.1. The van der Waals surface area contributed by atoms with Crippen LogP contribution in [0.5, 0.6) is 0 Å². The molecule has 12 heteroatoms. The summed E-state index contributed by atoms with van der Waals surface area (Å²) in [5.41, 5.74) is 0.731. The van der Waals surface area contributed by atoms with E-state index in [9.17, 15) is 9.59 Å². The molecule has 10 nitrogen and oxygen atoms in total. The van der Waals surface area contributed by atoms with Crippen molar-refractivity contribution in [1.82, 2.24) is 0 Å². The van der Waals surface area contributed by atoms with Crippen LogP contribution in [0.15, 0.2) is 24.3 Å². The molecule has 0 unspecified atom stereocenters. The summed E-state index contributed by atoms with van der Waals surface area (Å²) < 4.78 is 41.4. The highest BCUT2D eigenvalue weighted by Gasteiger charge is 2.38. The SMILES string of the molecule is C=C(C)C(=O)OCCC[Si](OC)(OC)OC.C=C(C)C(=O)OCO[Si](CCC)(OC)OC. The van der Waals surface area contributed by atoms with E-state index >= 15 is 0 Å². The number of hydrogen-bond acceptors (Lipinski definition) is 10. The predicted octanol–water partition coefficient (Wildman–Crippen LogP) is 3.10. The second-order valence-corrected chi connectivity index (χ2v) is 12.7. The lowest BCUT2D eigenvalue weighted by atomic mass is 10.4. The Labute approximate surface area is 194 Å². The van der Waals surface area contributed by atoms with Gasteiger partial charge >= 0.3 is 29.5 Å². The average molecular weight is 497 g/mol. The summed E-state index contributed by atoms with van der Waals surface area (Å²) in [5.74, 6) is -0.855. The molecule has 0 rings (SSSR count). The molecule has 0 fully saturated rings. The summed E-state index contributed by atoms with van der Waals surface area (Å²) in [4.78, 5) is 22.2. The van der Waals surface area contributed by atoms with E-state index in [-0.39, 0.29) is 12.8 Å². The van der Waals surface area contributed by atoms with Gasteiger partial charge in [-0.25, -0.2) is 9.59 Å². The van der Waals surface area contributed by atoms with Crippen molar-refractivity contribution in [2.24, 2.45) is 0 Å². The zero-order chi connectivity index (χ0) is 25.2. The van der Waals surface area contributed by atoms with Crippen LogP contribution in [0.25, 0.3) is 0 Å². The molecule has 0 aliphatic heterocycles. The topological polar surface area (TPSA) is 108 Å². The minimum Gasteiger partial charge on any atom is -0.462 e. The molecule has 0 atom stereocenters. The van der Waals surface area contributed by atoms with Crippen molar-refractivity contribution in [3.63, 3.8) is 0 Å². The molecule has 0 N–H and O–H groups in total. The van der Waals surface area contributed by atoms with Crippen molar-refractivity contribution in [1.29, 1.82) is 0 Å². The number of carbonyl (C=O) groups is 2. The van der Waals surface area contributed by atoms with Crippen molar-refractivity contribution in [3.05, 3.63) is 24.3 Å². The molecular formula is C20H40O10Si2. The van der Waals surface area contributed by atoms with E-state index in [0.717, 1.165) is 6.42 Å². The van der Waals surface area contributed by atoms with E-state index < -0.39 is 23.6 Å². The van der Waals surface area contributed by atoms with Gasteiger partial charge in [0.05, 0.1) is 6.61 Å². The van der Waals surface area contributed by atoms with E-state index in [2.05, 4.69) is 13.2 Å². The number of ether oxygens (including phenoxy) is 2.